The summed E-state index contributed by atoms with van der Waals surface area (Å²) in [6.07, 6.45) is 6.17. The molecule has 1 atom stereocenters. The van der Waals surface area contributed by atoms with Crippen LogP contribution in [-0.2, 0) is 6.42 Å². The lowest BCUT2D eigenvalue weighted by atomic mass is 9.74. The first-order chi connectivity index (χ1) is 8.52. The summed E-state index contributed by atoms with van der Waals surface area (Å²) < 4.78 is 5.86. The molecular weight excluding hydrogens is 222 g/mol. The Morgan fingerprint density at radius 2 is 2.17 bits per heavy atom. The van der Waals surface area contributed by atoms with Crippen molar-refractivity contribution in [1.82, 2.24) is 5.32 Å². The van der Waals surface area contributed by atoms with Crippen molar-refractivity contribution in [1.29, 1.82) is 0 Å². The molecule has 1 aliphatic rings. The molecule has 0 bridgehead atoms. The van der Waals surface area contributed by atoms with E-state index in [2.05, 4.69) is 39.1 Å². The predicted molar refractivity (Wildman–Crippen MR) is 75.8 cm³/mol. The highest BCUT2D eigenvalue weighted by Gasteiger charge is 2.34. The Kier molecular flexibility index (Phi) is 4.16. The van der Waals surface area contributed by atoms with Crippen molar-refractivity contribution in [3.8, 4) is 0 Å². The number of hydrogen-bond donors (Lipinski definition) is 1. The Balaban J connectivity index is 2.04. The molecule has 2 nitrogen and oxygen atoms in total. The summed E-state index contributed by atoms with van der Waals surface area (Å²) in [6.45, 7) is 10.1. The van der Waals surface area contributed by atoms with Crippen LogP contribution in [-0.4, -0.2) is 6.54 Å². The van der Waals surface area contributed by atoms with Crippen molar-refractivity contribution >= 4 is 0 Å². The van der Waals surface area contributed by atoms with Gasteiger partial charge in [0.15, 0.2) is 0 Å². The minimum Gasteiger partial charge on any atom is -0.466 e. The summed E-state index contributed by atoms with van der Waals surface area (Å²) in [4.78, 5) is 0. The van der Waals surface area contributed by atoms with Crippen molar-refractivity contribution in [2.45, 2.75) is 65.8 Å². The molecule has 1 unspecified atom stereocenters. The Labute approximate surface area is 111 Å². The first-order valence-electron chi connectivity index (χ1n) is 7.34. The van der Waals surface area contributed by atoms with Gasteiger partial charge in [0.05, 0.1) is 0 Å². The van der Waals surface area contributed by atoms with Gasteiger partial charge in [-0.15, -0.1) is 0 Å². The highest BCUT2D eigenvalue weighted by molar-refractivity contribution is 5.29. The van der Waals surface area contributed by atoms with Gasteiger partial charge in [-0.1, -0.05) is 33.6 Å². The summed E-state index contributed by atoms with van der Waals surface area (Å²) in [5.74, 6) is 2.26. The number of rotatable bonds is 5. The summed E-state index contributed by atoms with van der Waals surface area (Å²) in [6, 6.07) is 2.71. The molecule has 18 heavy (non-hydrogen) atoms. The van der Waals surface area contributed by atoms with Gasteiger partial charge in [0.2, 0.25) is 0 Å². The lowest BCUT2D eigenvalue weighted by Crippen LogP contribution is -2.33. The Bertz CT molecular complexity index is 392. The monoisotopic (exact) mass is 249 g/mol. The molecule has 1 heterocycles. The zero-order valence-electron chi connectivity index (χ0n) is 12.3. The smallest absolute Gasteiger partial charge is 0.109 e. The van der Waals surface area contributed by atoms with Crippen LogP contribution in [0.25, 0.3) is 0 Å². The van der Waals surface area contributed by atoms with Crippen LogP contribution in [0.15, 0.2) is 10.5 Å². The number of nitrogens with one attached hydrogen (secondary N) is 1. The van der Waals surface area contributed by atoms with Crippen LogP contribution in [0.3, 0.4) is 0 Å². The van der Waals surface area contributed by atoms with Gasteiger partial charge in [0.1, 0.15) is 11.5 Å². The molecule has 2 heteroatoms. The number of aryl methyl sites for hydroxylation is 1. The Hall–Kier alpha value is -0.760. The number of unbranched alkanes of at least 4 members (excludes halogenated alkanes) is 2. The molecular formula is C16H27NO. The van der Waals surface area contributed by atoms with E-state index in [1.165, 1.54) is 37.0 Å². The molecule has 0 amide bonds. The van der Waals surface area contributed by atoms with Crippen LogP contribution in [0.1, 0.15) is 69.6 Å². The summed E-state index contributed by atoms with van der Waals surface area (Å²) in [5, 5.41) is 3.72. The van der Waals surface area contributed by atoms with Crippen LogP contribution in [0.2, 0.25) is 0 Å². The maximum absolute atomic E-state index is 5.86. The van der Waals surface area contributed by atoms with E-state index in [4.69, 9.17) is 4.42 Å². The zero-order chi connectivity index (χ0) is 13.2. The molecule has 0 fully saturated rings. The minimum absolute atomic E-state index is 0.347. The first-order valence-corrected chi connectivity index (χ1v) is 7.34. The van der Waals surface area contributed by atoms with E-state index in [-0.39, 0.29) is 0 Å². The molecule has 2 rings (SSSR count). The van der Waals surface area contributed by atoms with Gasteiger partial charge < -0.3 is 9.73 Å². The molecule has 0 saturated carbocycles. The molecule has 0 aromatic carbocycles. The lowest BCUT2D eigenvalue weighted by molar-refractivity contribution is 0.234. The largest absolute Gasteiger partial charge is 0.466 e. The molecule has 0 saturated heterocycles. The van der Waals surface area contributed by atoms with E-state index in [0.717, 1.165) is 18.7 Å². The third-order valence-corrected chi connectivity index (χ3v) is 3.91. The number of hydrogen-bond acceptors (Lipinski definition) is 2. The van der Waals surface area contributed by atoms with Gasteiger partial charge in [-0.3, -0.25) is 0 Å². The fourth-order valence-corrected chi connectivity index (χ4v) is 3.02. The van der Waals surface area contributed by atoms with Gasteiger partial charge in [-0.2, -0.15) is 0 Å². The molecule has 1 aromatic heterocycles. The third kappa shape index (κ3) is 3.17. The second kappa shape index (κ2) is 5.48. The van der Waals surface area contributed by atoms with E-state index >= 15 is 0 Å². The zero-order valence-corrected chi connectivity index (χ0v) is 12.3. The van der Waals surface area contributed by atoms with Crippen molar-refractivity contribution in [3.05, 3.63) is 23.2 Å². The molecule has 0 radical (unpaired) electrons. The molecule has 0 spiro atoms. The number of fused-ring (bicyclic) bond motifs is 1. The average molecular weight is 249 g/mol. The highest BCUT2D eigenvalue weighted by Crippen LogP contribution is 2.41. The maximum Gasteiger partial charge on any atom is 0.109 e. The molecule has 102 valence electrons. The van der Waals surface area contributed by atoms with Crippen molar-refractivity contribution < 1.29 is 4.42 Å². The van der Waals surface area contributed by atoms with Gasteiger partial charge >= 0.3 is 0 Å². The van der Waals surface area contributed by atoms with E-state index in [0.29, 0.717) is 11.5 Å². The molecule has 1 N–H and O–H groups in total. The third-order valence-electron chi connectivity index (χ3n) is 3.91. The van der Waals surface area contributed by atoms with Crippen molar-refractivity contribution in [2.24, 2.45) is 5.41 Å². The maximum atomic E-state index is 5.86. The minimum atomic E-state index is 0.347. The summed E-state index contributed by atoms with van der Waals surface area (Å²) >= 11 is 0. The molecule has 1 aromatic rings. The second-order valence-electron chi connectivity index (χ2n) is 6.49. The summed E-state index contributed by atoms with van der Waals surface area (Å²) in [7, 11) is 0. The van der Waals surface area contributed by atoms with E-state index in [1.54, 1.807) is 0 Å². The van der Waals surface area contributed by atoms with Crippen molar-refractivity contribution in [2.75, 3.05) is 6.54 Å². The Morgan fingerprint density at radius 3 is 2.89 bits per heavy atom. The predicted octanol–water partition coefficient (Wildman–Crippen LogP) is 4.38. The normalized spacial score (nSPS) is 21.9. The van der Waals surface area contributed by atoms with Crippen molar-refractivity contribution in [3.63, 3.8) is 0 Å². The van der Waals surface area contributed by atoms with Crippen LogP contribution < -0.4 is 5.32 Å². The fraction of sp³-hybridized carbons (Fsp3) is 0.750. The average Bonchev–Trinajstić information content (AvgIpc) is 2.63. The highest BCUT2D eigenvalue weighted by atomic mass is 16.3. The number of furan rings is 1. The van der Waals surface area contributed by atoms with Gasteiger partial charge in [-0.25, -0.2) is 0 Å². The standard InChI is InChI=1S/C16H27NO/c1-5-6-7-8-17-14-10-16(3,4)11-15-13(14)9-12(2)18-15/h9,14,17H,5-8,10-11H2,1-4H3. The van der Waals surface area contributed by atoms with Crippen LogP contribution in [0.5, 0.6) is 0 Å². The van der Waals surface area contributed by atoms with Crippen LogP contribution >= 0.6 is 0 Å². The second-order valence-corrected chi connectivity index (χ2v) is 6.49. The molecule has 0 aliphatic heterocycles. The molecule has 1 aliphatic carbocycles. The first kappa shape index (κ1) is 13.7. The lowest BCUT2D eigenvalue weighted by Gasteiger charge is -2.34. The van der Waals surface area contributed by atoms with Gasteiger partial charge in [0, 0.05) is 18.0 Å². The topological polar surface area (TPSA) is 25.2 Å². The Morgan fingerprint density at radius 1 is 1.39 bits per heavy atom. The fourth-order valence-electron chi connectivity index (χ4n) is 3.02. The van der Waals surface area contributed by atoms with Gasteiger partial charge in [-0.05, 0) is 37.8 Å². The van der Waals surface area contributed by atoms with E-state index in [1.807, 2.05) is 0 Å². The quantitative estimate of drug-likeness (QED) is 0.783. The van der Waals surface area contributed by atoms with Crippen LogP contribution in [0.4, 0.5) is 0 Å². The van der Waals surface area contributed by atoms with Crippen LogP contribution in [0, 0.1) is 12.3 Å². The van der Waals surface area contributed by atoms with Gasteiger partial charge in [0.25, 0.3) is 0 Å². The summed E-state index contributed by atoms with van der Waals surface area (Å²) in [5.41, 5.74) is 1.75. The van der Waals surface area contributed by atoms with E-state index in [9.17, 15) is 0 Å². The van der Waals surface area contributed by atoms with E-state index < -0.39 is 0 Å². The SMILES string of the molecule is CCCCCNC1CC(C)(C)Cc2oc(C)cc21.